The summed E-state index contributed by atoms with van der Waals surface area (Å²) in [5, 5.41) is 0. The van der Waals surface area contributed by atoms with Crippen molar-refractivity contribution in [3.63, 3.8) is 0 Å². The number of nitrogens with one attached hydrogen (secondary N) is 1. The van der Waals surface area contributed by atoms with Crippen molar-refractivity contribution >= 4 is 5.95 Å². The zero-order chi connectivity index (χ0) is 14.4. The second-order valence-electron chi connectivity index (χ2n) is 4.07. The largest absolute Gasteiger partial charge is 0.467 e. The molecule has 0 saturated carbocycles. The van der Waals surface area contributed by atoms with Crippen molar-refractivity contribution in [2.45, 2.75) is 19.8 Å². The Hall–Kier alpha value is -2.41. The minimum Gasteiger partial charge on any atom is -0.467 e. The SMILES string of the molecule is CCCc1ccc(Oc2nc(NN)nc(OC)n2)cc1. The van der Waals surface area contributed by atoms with Crippen LogP contribution in [0.15, 0.2) is 24.3 Å². The summed E-state index contributed by atoms with van der Waals surface area (Å²) in [7, 11) is 1.46. The standard InChI is InChI=1S/C13H17N5O2/c1-3-4-9-5-7-10(8-6-9)20-13-16-11(18-14)15-12(17-13)19-2/h5-8H,3-4,14H2,1-2H3,(H,15,16,17,18). The number of anilines is 1. The first-order valence-corrected chi connectivity index (χ1v) is 6.28. The van der Waals surface area contributed by atoms with Crippen molar-refractivity contribution in [3.05, 3.63) is 29.8 Å². The number of rotatable bonds is 6. The molecule has 0 amide bonds. The fourth-order valence-corrected chi connectivity index (χ4v) is 1.66. The van der Waals surface area contributed by atoms with Gasteiger partial charge in [-0.25, -0.2) is 5.84 Å². The number of aromatic nitrogens is 3. The van der Waals surface area contributed by atoms with Gasteiger partial charge in [-0.3, -0.25) is 5.43 Å². The third-order valence-corrected chi connectivity index (χ3v) is 2.58. The predicted molar refractivity (Wildman–Crippen MR) is 74.7 cm³/mol. The van der Waals surface area contributed by atoms with Crippen molar-refractivity contribution in [1.82, 2.24) is 15.0 Å². The zero-order valence-corrected chi connectivity index (χ0v) is 11.5. The number of hydrogen-bond donors (Lipinski definition) is 2. The van der Waals surface area contributed by atoms with E-state index in [2.05, 4.69) is 27.3 Å². The summed E-state index contributed by atoms with van der Waals surface area (Å²) in [6, 6.07) is 8.02. The highest BCUT2D eigenvalue weighted by Gasteiger charge is 2.08. The number of nitrogens with two attached hydrogens (primary N) is 1. The van der Waals surface area contributed by atoms with Gasteiger partial charge in [0.05, 0.1) is 7.11 Å². The quantitative estimate of drug-likeness (QED) is 0.614. The summed E-state index contributed by atoms with van der Waals surface area (Å²) < 4.78 is 10.5. The van der Waals surface area contributed by atoms with Gasteiger partial charge in [0.15, 0.2) is 0 Å². The van der Waals surface area contributed by atoms with Crippen LogP contribution in [0.5, 0.6) is 17.8 Å². The van der Waals surface area contributed by atoms with Crippen LogP contribution in [0.3, 0.4) is 0 Å². The van der Waals surface area contributed by atoms with Gasteiger partial charge in [0.25, 0.3) is 0 Å². The molecule has 2 aromatic rings. The molecule has 1 heterocycles. The monoisotopic (exact) mass is 275 g/mol. The molecule has 20 heavy (non-hydrogen) atoms. The first-order chi connectivity index (χ1) is 9.75. The lowest BCUT2D eigenvalue weighted by atomic mass is 10.1. The molecule has 7 nitrogen and oxygen atoms in total. The van der Waals surface area contributed by atoms with Gasteiger partial charge in [-0.1, -0.05) is 25.5 Å². The summed E-state index contributed by atoms with van der Waals surface area (Å²) in [4.78, 5) is 11.9. The molecule has 0 unspecified atom stereocenters. The first-order valence-electron chi connectivity index (χ1n) is 6.28. The Morgan fingerprint density at radius 2 is 1.80 bits per heavy atom. The Morgan fingerprint density at radius 1 is 1.10 bits per heavy atom. The molecule has 106 valence electrons. The molecule has 1 aromatic heterocycles. The number of aryl methyl sites for hydroxylation is 1. The van der Waals surface area contributed by atoms with Crippen molar-refractivity contribution < 1.29 is 9.47 Å². The van der Waals surface area contributed by atoms with E-state index in [4.69, 9.17) is 15.3 Å². The lowest BCUT2D eigenvalue weighted by Gasteiger charge is -2.07. The molecule has 7 heteroatoms. The van der Waals surface area contributed by atoms with Gasteiger partial charge < -0.3 is 9.47 Å². The highest BCUT2D eigenvalue weighted by molar-refractivity contribution is 5.31. The van der Waals surface area contributed by atoms with Crippen molar-refractivity contribution in [2.24, 2.45) is 5.84 Å². The predicted octanol–water partition coefficient (Wildman–Crippen LogP) is 1.91. The maximum absolute atomic E-state index is 5.56. The fourth-order valence-electron chi connectivity index (χ4n) is 1.66. The summed E-state index contributed by atoms with van der Waals surface area (Å²) in [5.41, 5.74) is 3.59. The van der Waals surface area contributed by atoms with Gasteiger partial charge >= 0.3 is 12.0 Å². The molecule has 0 saturated heterocycles. The van der Waals surface area contributed by atoms with Gasteiger partial charge in [-0.2, -0.15) is 9.97 Å². The van der Waals surface area contributed by atoms with Gasteiger partial charge in [-0.15, -0.1) is 4.98 Å². The Kier molecular flexibility index (Phi) is 4.67. The third-order valence-electron chi connectivity index (χ3n) is 2.58. The number of hydrazine groups is 1. The van der Waals surface area contributed by atoms with Crippen LogP contribution in [0.25, 0.3) is 0 Å². The normalized spacial score (nSPS) is 10.2. The van der Waals surface area contributed by atoms with Crippen molar-refractivity contribution in [1.29, 1.82) is 0 Å². The molecule has 0 aliphatic heterocycles. The number of benzene rings is 1. The van der Waals surface area contributed by atoms with Crippen molar-refractivity contribution in [3.8, 4) is 17.8 Å². The Balaban J connectivity index is 2.16. The first kappa shape index (κ1) is 14.0. The second kappa shape index (κ2) is 6.67. The molecule has 0 atom stereocenters. The fraction of sp³-hybridized carbons (Fsp3) is 0.308. The van der Waals surface area contributed by atoms with E-state index in [1.54, 1.807) is 0 Å². The molecule has 1 aromatic carbocycles. The lowest BCUT2D eigenvalue weighted by Crippen LogP contribution is -2.12. The number of nitrogen functional groups attached to an aromatic ring is 1. The molecule has 0 fully saturated rings. The maximum Gasteiger partial charge on any atom is 0.330 e. The van der Waals surface area contributed by atoms with E-state index in [-0.39, 0.29) is 18.0 Å². The van der Waals surface area contributed by atoms with Gasteiger partial charge in [0.2, 0.25) is 5.95 Å². The van der Waals surface area contributed by atoms with Crippen LogP contribution >= 0.6 is 0 Å². The van der Waals surface area contributed by atoms with Crippen LogP contribution in [0.1, 0.15) is 18.9 Å². The van der Waals surface area contributed by atoms with Crippen LogP contribution in [-0.4, -0.2) is 22.1 Å². The summed E-state index contributed by atoms with van der Waals surface area (Å²) >= 11 is 0. The molecule has 2 rings (SSSR count). The van der Waals surface area contributed by atoms with E-state index in [0.717, 1.165) is 12.8 Å². The maximum atomic E-state index is 5.56. The molecule has 0 aliphatic carbocycles. The number of hydrogen-bond acceptors (Lipinski definition) is 7. The van der Waals surface area contributed by atoms with Crippen molar-refractivity contribution in [2.75, 3.05) is 12.5 Å². The van der Waals surface area contributed by atoms with Crippen LogP contribution in [0.2, 0.25) is 0 Å². The topological polar surface area (TPSA) is 95.2 Å². The number of nitrogens with zero attached hydrogens (tertiary/aromatic N) is 3. The van der Waals surface area contributed by atoms with Gasteiger partial charge in [-0.05, 0) is 24.1 Å². The summed E-state index contributed by atoms with van der Waals surface area (Å²) in [6.45, 7) is 2.14. The van der Waals surface area contributed by atoms with Gasteiger partial charge in [0.1, 0.15) is 5.75 Å². The Morgan fingerprint density at radius 3 is 2.40 bits per heavy atom. The third kappa shape index (κ3) is 3.55. The molecule has 0 aliphatic rings. The highest BCUT2D eigenvalue weighted by Crippen LogP contribution is 2.21. The minimum atomic E-state index is 0.119. The van der Waals surface area contributed by atoms with E-state index in [1.807, 2.05) is 24.3 Å². The van der Waals surface area contributed by atoms with E-state index in [0.29, 0.717) is 5.75 Å². The molecule has 0 spiro atoms. The summed E-state index contributed by atoms with van der Waals surface area (Å²) in [5.74, 6) is 6.09. The van der Waals surface area contributed by atoms with E-state index in [9.17, 15) is 0 Å². The Labute approximate surface area is 117 Å². The molecular weight excluding hydrogens is 258 g/mol. The highest BCUT2D eigenvalue weighted by atomic mass is 16.5. The summed E-state index contributed by atoms with van der Waals surface area (Å²) in [6.07, 6.45) is 2.15. The average Bonchev–Trinajstić information content (AvgIpc) is 2.49. The van der Waals surface area contributed by atoms with Gasteiger partial charge in [0, 0.05) is 0 Å². The molecular formula is C13H17N5O2. The zero-order valence-electron chi connectivity index (χ0n) is 11.5. The lowest BCUT2D eigenvalue weighted by molar-refractivity contribution is 0.360. The van der Waals surface area contributed by atoms with E-state index >= 15 is 0 Å². The Bertz CT molecular complexity index is 537. The number of ether oxygens (including phenoxy) is 2. The van der Waals surface area contributed by atoms with Crippen LogP contribution < -0.4 is 20.7 Å². The van der Waals surface area contributed by atoms with E-state index < -0.39 is 0 Å². The van der Waals surface area contributed by atoms with Crippen LogP contribution in [-0.2, 0) is 6.42 Å². The number of methoxy groups -OCH3 is 1. The smallest absolute Gasteiger partial charge is 0.330 e. The van der Waals surface area contributed by atoms with Crippen LogP contribution in [0, 0.1) is 0 Å². The average molecular weight is 275 g/mol. The van der Waals surface area contributed by atoms with E-state index in [1.165, 1.54) is 12.7 Å². The minimum absolute atomic E-state index is 0.119. The van der Waals surface area contributed by atoms with Crippen LogP contribution in [0.4, 0.5) is 5.95 Å². The molecule has 0 bridgehead atoms. The molecule has 3 N–H and O–H groups in total. The second-order valence-corrected chi connectivity index (χ2v) is 4.07. The molecule has 0 radical (unpaired) electrons.